The third-order valence-corrected chi connectivity index (χ3v) is 5.05. The van der Waals surface area contributed by atoms with Gasteiger partial charge in [0, 0.05) is 4.47 Å². The fraction of sp³-hybridized carbons (Fsp3) is 0.0476. The molecule has 3 aromatic carbocycles. The molecule has 0 aromatic heterocycles. The Morgan fingerprint density at radius 1 is 1.03 bits per heavy atom. The van der Waals surface area contributed by atoms with Crippen molar-refractivity contribution in [2.75, 3.05) is 12.2 Å². The van der Waals surface area contributed by atoms with E-state index in [1.165, 1.54) is 29.5 Å². The molecule has 0 spiro atoms. The SMILES string of the molecule is COc1ccc(C2=NN(c3ccc(Br)cc3)N(C(=O)c3ccccc3O)[NH2+]2)cc1O.[I-]. The van der Waals surface area contributed by atoms with Crippen LogP contribution in [0.1, 0.15) is 15.9 Å². The molecule has 1 heterocycles. The van der Waals surface area contributed by atoms with Gasteiger partial charge in [-0.2, -0.15) is 5.43 Å². The van der Waals surface area contributed by atoms with Crippen LogP contribution in [0.25, 0.3) is 0 Å². The second kappa shape index (κ2) is 9.54. The van der Waals surface area contributed by atoms with E-state index in [4.69, 9.17) is 4.74 Å². The molecule has 160 valence electrons. The minimum atomic E-state index is -0.451. The molecule has 1 amide bonds. The molecule has 31 heavy (non-hydrogen) atoms. The molecule has 8 nitrogen and oxygen atoms in total. The molecule has 3 aromatic rings. The number of aromatic hydroxyl groups is 2. The fourth-order valence-corrected chi connectivity index (χ4v) is 3.27. The van der Waals surface area contributed by atoms with Gasteiger partial charge in [-0.1, -0.05) is 38.3 Å². The van der Waals surface area contributed by atoms with Crippen LogP contribution in [0.15, 0.2) is 76.3 Å². The molecule has 4 rings (SSSR count). The summed E-state index contributed by atoms with van der Waals surface area (Å²) in [6.07, 6.45) is 0. The third kappa shape index (κ3) is 4.60. The van der Waals surface area contributed by atoms with Crippen LogP contribution in [0.4, 0.5) is 5.69 Å². The summed E-state index contributed by atoms with van der Waals surface area (Å²) >= 11 is 3.40. The highest BCUT2D eigenvalue weighted by Crippen LogP contribution is 2.28. The Hall–Kier alpha value is -2.83. The van der Waals surface area contributed by atoms with Gasteiger partial charge in [-0.3, -0.25) is 4.79 Å². The molecule has 1 aliphatic rings. The van der Waals surface area contributed by atoms with E-state index in [1.54, 1.807) is 47.9 Å². The number of anilines is 1. The number of hydrazine groups is 1. The molecule has 0 atom stereocenters. The number of methoxy groups -OCH3 is 1. The van der Waals surface area contributed by atoms with Crippen LogP contribution in [0.5, 0.6) is 17.2 Å². The number of phenolic OH excluding ortho intramolecular Hbond substituents is 2. The van der Waals surface area contributed by atoms with E-state index in [1.807, 2.05) is 12.1 Å². The summed E-state index contributed by atoms with van der Waals surface area (Å²) in [5.41, 5.74) is 2.94. The average molecular weight is 597 g/mol. The number of hydrogen-bond donors (Lipinski definition) is 3. The zero-order chi connectivity index (χ0) is 21.3. The lowest BCUT2D eigenvalue weighted by molar-refractivity contribution is -0.681. The van der Waals surface area contributed by atoms with E-state index in [-0.39, 0.29) is 41.0 Å². The number of rotatable bonds is 4. The number of carbonyl (C=O) groups excluding carboxylic acids is 1. The fourth-order valence-electron chi connectivity index (χ4n) is 3.01. The van der Waals surface area contributed by atoms with Crippen molar-refractivity contribution in [1.29, 1.82) is 0 Å². The zero-order valence-electron chi connectivity index (χ0n) is 16.2. The van der Waals surface area contributed by atoms with Crippen molar-refractivity contribution in [3.8, 4) is 17.2 Å². The molecular weight excluding hydrogens is 579 g/mol. The van der Waals surface area contributed by atoms with Crippen LogP contribution >= 0.6 is 15.9 Å². The Morgan fingerprint density at radius 2 is 1.74 bits per heavy atom. The molecule has 1 aliphatic heterocycles. The minimum absolute atomic E-state index is 0. The largest absolute Gasteiger partial charge is 1.00 e. The number of benzene rings is 3. The first kappa shape index (κ1) is 22.8. The van der Waals surface area contributed by atoms with Gasteiger partial charge in [0.25, 0.3) is 5.84 Å². The molecule has 0 saturated carbocycles. The van der Waals surface area contributed by atoms with Gasteiger partial charge >= 0.3 is 5.91 Å². The first-order valence-electron chi connectivity index (χ1n) is 8.96. The summed E-state index contributed by atoms with van der Waals surface area (Å²) in [7, 11) is 1.47. The minimum Gasteiger partial charge on any atom is -1.00 e. The maximum absolute atomic E-state index is 13.2. The number of phenols is 2. The van der Waals surface area contributed by atoms with Gasteiger partial charge in [-0.15, -0.1) is 5.12 Å². The van der Waals surface area contributed by atoms with Crippen molar-refractivity contribution in [2.45, 2.75) is 0 Å². The number of nitrogens with zero attached hydrogens (tertiary/aromatic N) is 3. The summed E-state index contributed by atoms with van der Waals surface area (Å²) in [4.78, 5) is 13.2. The third-order valence-electron chi connectivity index (χ3n) is 4.53. The Bertz CT molecular complexity index is 1140. The highest BCUT2D eigenvalue weighted by Gasteiger charge is 2.37. The number of quaternary nitrogens is 1. The van der Waals surface area contributed by atoms with E-state index in [2.05, 4.69) is 21.0 Å². The highest BCUT2D eigenvalue weighted by molar-refractivity contribution is 9.10. The van der Waals surface area contributed by atoms with E-state index in [9.17, 15) is 15.0 Å². The van der Waals surface area contributed by atoms with E-state index in [0.29, 0.717) is 22.8 Å². The first-order chi connectivity index (χ1) is 14.5. The molecule has 0 radical (unpaired) electrons. The monoisotopic (exact) mass is 596 g/mol. The number of para-hydroxylation sites is 1. The molecular formula is C21H18BrIN4O4. The Labute approximate surface area is 203 Å². The van der Waals surface area contributed by atoms with Crippen molar-refractivity contribution >= 4 is 33.4 Å². The predicted octanol–water partition coefficient (Wildman–Crippen LogP) is -0.410. The topological polar surface area (TPSA) is 102 Å². The molecule has 0 bridgehead atoms. The number of nitrogens with two attached hydrogens (primary N) is 1. The van der Waals surface area contributed by atoms with Gasteiger partial charge < -0.3 is 38.9 Å². The summed E-state index contributed by atoms with van der Waals surface area (Å²) < 4.78 is 5.97. The summed E-state index contributed by atoms with van der Waals surface area (Å²) in [6.45, 7) is 0. The number of ether oxygens (including phenoxy) is 1. The molecule has 4 N–H and O–H groups in total. The second-order valence-electron chi connectivity index (χ2n) is 6.43. The van der Waals surface area contributed by atoms with Crippen LogP contribution in [-0.4, -0.2) is 34.2 Å². The van der Waals surface area contributed by atoms with E-state index in [0.717, 1.165) is 4.47 Å². The standard InChI is InChI=1S/C21H17BrN4O4.HI/c1-30-19-11-6-13(12-18(19)28)20-23-25(15-9-7-14(22)8-10-15)26(24-20)21(29)16-4-2-3-5-17(16)27;/h2-12,27-28H,1H3,(H,23,24);1H. The molecule has 0 fully saturated rings. The van der Waals surface area contributed by atoms with Crippen LogP contribution in [-0.2, 0) is 0 Å². The number of hydrogen-bond acceptors (Lipinski definition) is 6. The van der Waals surface area contributed by atoms with Gasteiger partial charge in [0.15, 0.2) is 11.5 Å². The number of amidine groups is 1. The molecule has 0 saturated heterocycles. The van der Waals surface area contributed by atoms with Crippen LogP contribution in [0, 0.1) is 0 Å². The number of halogens is 2. The van der Waals surface area contributed by atoms with Crippen molar-refractivity contribution in [1.82, 2.24) is 5.12 Å². The summed E-state index contributed by atoms with van der Waals surface area (Å²) in [5.74, 6) is 0.186. The van der Waals surface area contributed by atoms with Gasteiger partial charge in [0.1, 0.15) is 5.75 Å². The summed E-state index contributed by atoms with van der Waals surface area (Å²) in [6, 6.07) is 18.5. The number of hydrazone groups is 1. The molecule has 0 aliphatic carbocycles. The van der Waals surface area contributed by atoms with Crippen LogP contribution in [0.3, 0.4) is 0 Å². The Kier molecular flexibility index (Phi) is 7.03. The highest BCUT2D eigenvalue weighted by atomic mass is 127. The average Bonchev–Trinajstić information content (AvgIpc) is 3.19. The maximum Gasteiger partial charge on any atom is 0.328 e. The normalized spacial score (nSPS) is 12.9. The van der Waals surface area contributed by atoms with Crippen molar-refractivity contribution in [2.24, 2.45) is 5.10 Å². The second-order valence-corrected chi connectivity index (χ2v) is 7.35. The first-order valence-corrected chi connectivity index (χ1v) is 9.75. The predicted molar refractivity (Wildman–Crippen MR) is 114 cm³/mol. The smallest absolute Gasteiger partial charge is 0.328 e. The number of carbonyl (C=O) groups is 1. The zero-order valence-corrected chi connectivity index (χ0v) is 20.0. The molecule has 10 heteroatoms. The van der Waals surface area contributed by atoms with Crippen molar-refractivity contribution in [3.05, 3.63) is 82.3 Å². The maximum atomic E-state index is 13.2. The lowest BCUT2D eigenvalue weighted by Crippen LogP contribution is -3.00. The lowest BCUT2D eigenvalue weighted by atomic mass is 10.2. The van der Waals surface area contributed by atoms with Gasteiger partial charge in [-0.05, 0) is 54.6 Å². The van der Waals surface area contributed by atoms with Crippen LogP contribution < -0.4 is 39.3 Å². The Morgan fingerprint density at radius 3 is 2.39 bits per heavy atom. The van der Waals surface area contributed by atoms with Gasteiger partial charge in [-0.25, -0.2) is 0 Å². The van der Waals surface area contributed by atoms with Gasteiger partial charge in [0.2, 0.25) is 0 Å². The van der Waals surface area contributed by atoms with E-state index < -0.39 is 5.91 Å². The lowest BCUT2D eigenvalue weighted by Gasteiger charge is -2.22. The van der Waals surface area contributed by atoms with Crippen molar-refractivity contribution in [3.63, 3.8) is 0 Å². The van der Waals surface area contributed by atoms with Crippen molar-refractivity contribution < 1.29 is 49.1 Å². The number of amides is 1. The van der Waals surface area contributed by atoms with Gasteiger partial charge in [0.05, 0.1) is 23.9 Å². The molecule has 0 unspecified atom stereocenters. The Balaban J connectivity index is 0.00000272. The van der Waals surface area contributed by atoms with Crippen LogP contribution in [0.2, 0.25) is 0 Å². The van der Waals surface area contributed by atoms with E-state index >= 15 is 0 Å². The quantitative estimate of drug-likeness (QED) is 0.216. The summed E-state index contributed by atoms with van der Waals surface area (Å²) in [5, 5.41) is 27.6.